The largest absolute Gasteiger partial charge is 0.441 e. The zero-order chi connectivity index (χ0) is 34.3. The second-order valence-corrected chi connectivity index (χ2v) is 19.1. The summed E-state index contributed by atoms with van der Waals surface area (Å²) < 4.78 is 18.0. The minimum atomic E-state index is -2.24. The first-order valence-electron chi connectivity index (χ1n) is 17.8. The van der Waals surface area contributed by atoms with Gasteiger partial charge in [0.1, 0.15) is 8.07 Å². The third-order valence-corrected chi connectivity index (χ3v) is 14.8. The summed E-state index contributed by atoms with van der Waals surface area (Å²) in [5.41, 5.74) is 7.87. The first kappa shape index (κ1) is 34.1. The SMILES string of the molecule is CN1CCc2cc3c(cc21)[Si](C)(C)c1cc2c(cc1C31OC(=O)c3ccc(C(=O)NCCOCCOCCCCCCCl)cc31)CCN2C. The number of ether oxygens (including phenoxy) is 3. The van der Waals surface area contributed by atoms with Gasteiger partial charge in [0.25, 0.3) is 5.91 Å². The minimum Gasteiger partial charge on any atom is -0.441 e. The maximum atomic E-state index is 13.8. The molecule has 0 aliphatic carbocycles. The van der Waals surface area contributed by atoms with E-state index in [0.29, 0.717) is 43.4 Å². The fraction of sp³-hybridized carbons (Fsp3) is 0.487. The Morgan fingerprint density at radius 2 is 1.45 bits per heavy atom. The van der Waals surface area contributed by atoms with E-state index in [9.17, 15) is 9.59 Å². The number of amides is 1. The van der Waals surface area contributed by atoms with Crippen LogP contribution >= 0.6 is 11.6 Å². The van der Waals surface area contributed by atoms with E-state index in [1.54, 1.807) is 12.1 Å². The number of nitrogens with one attached hydrogen (secondary N) is 1. The summed E-state index contributed by atoms with van der Waals surface area (Å²) in [5.74, 6) is 0.168. The number of fused-ring (bicyclic) bond motifs is 8. The normalized spacial score (nSPS) is 17.4. The van der Waals surface area contributed by atoms with Crippen molar-refractivity contribution < 1.29 is 23.8 Å². The molecule has 260 valence electrons. The number of unbranched alkanes of at least 4 members (excludes halogenated alkanes) is 3. The molecule has 0 saturated heterocycles. The van der Waals surface area contributed by atoms with Crippen LogP contribution in [0.25, 0.3) is 0 Å². The van der Waals surface area contributed by atoms with Crippen molar-refractivity contribution >= 4 is 53.3 Å². The molecule has 3 aromatic rings. The van der Waals surface area contributed by atoms with Crippen LogP contribution in [0.4, 0.5) is 11.4 Å². The van der Waals surface area contributed by atoms with E-state index in [-0.39, 0.29) is 11.9 Å². The van der Waals surface area contributed by atoms with E-state index in [4.69, 9.17) is 25.8 Å². The van der Waals surface area contributed by atoms with E-state index in [1.165, 1.54) is 32.9 Å². The van der Waals surface area contributed by atoms with Gasteiger partial charge in [0.15, 0.2) is 5.60 Å². The maximum absolute atomic E-state index is 13.8. The number of anilines is 2. The van der Waals surface area contributed by atoms with E-state index in [2.05, 4.69) is 66.6 Å². The molecule has 0 bridgehead atoms. The van der Waals surface area contributed by atoms with Crippen LogP contribution in [0.15, 0.2) is 42.5 Å². The number of halogens is 1. The molecule has 0 atom stereocenters. The Morgan fingerprint density at radius 3 is 2.08 bits per heavy atom. The second kappa shape index (κ2) is 13.7. The number of nitrogens with zero attached hydrogens (tertiary/aromatic N) is 2. The monoisotopic (exact) mass is 701 g/mol. The summed E-state index contributed by atoms with van der Waals surface area (Å²) in [7, 11) is 2.07. The molecule has 0 unspecified atom stereocenters. The molecule has 49 heavy (non-hydrogen) atoms. The minimum absolute atomic E-state index is 0.203. The van der Waals surface area contributed by atoms with Crippen LogP contribution in [0, 0.1) is 0 Å². The lowest BCUT2D eigenvalue weighted by molar-refractivity contribution is 0.0254. The summed E-state index contributed by atoms with van der Waals surface area (Å²) in [6, 6.07) is 14.8. The molecule has 0 aromatic heterocycles. The Hall–Kier alpha value is -3.37. The molecule has 3 aromatic carbocycles. The molecule has 4 aliphatic heterocycles. The van der Waals surface area contributed by atoms with Crippen LogP contribution < -0.4 is 25.5 Å². The molecule has 8 nitrogen and oxygen atoms in total. The van der Waals surface area contributed by atoms with Crippen molar-refractivity contribution in [2.45, 2.75) is 57.2 Å². The Bertz CT molecular complexity index is 1710. The summed E-state index contributed by atoms with van der Waals surface area (Å²) in [6.07, 6.45) is 6.24. The average molecular weight is 702 g/mol. The lowest BCUT2D eigenvalue weighted by Gasteiger charge is -2.44. The summed E-state index contributed by atoms with van der Waals surface area (Å²) in [6.45, 7) is 9.27. The van der Waals surface area contributed by atoms with E-state index < -0.39 is 13.7 Å². The summed E-state index contributed by atoms with van der Waals surface area (Å²) in [5, 5.41) is 5.58. The zero-order valence-corrected chi connectivity index (χ0v) is 31.0. The number of likely N-dealkylation sites (N-methyl/N-ethyl adjacent to an activating group) is 2. The van der Waals surface area contributed by atoms with Crippen LogP contribution in [0.2, 0.25) is 13.1 Å². The van der Waals surface area contributed by atoms with Crippen LogP contribution in [-0.2, 0) is 32.7 Å². The number of esters is 1. The molecule has 0 fully saturated rings. The number of alkyl halides is 1. The van der Waals surface area contributed by atoms with Gasteiger partial charge in [0, 0.05) is 79.8 Å². The van der Waals surface area contributed by atoms with Crippen LogP contribution in [-0.4, -0.2) is 86.0 Å². The molecule has 0 radical (unpaired) electrons. The number of carbonyl (C=O) groups excluding carboxylic acids is 2. The fourth-order valence-electron chi connectivity index (χ4n) is 8.22. The predicted octanol–water partition coefficient (Wildman–Crippen LogP) is 4.83. The average Bonchev–Trinajstić information content (AvgIpc) is 3.75. The van der Waals surface area contributed by atoms with Crippen molar-refractivity contribution in [2.24, 2.45) is 0 Å². The Balaban J connectivity index is 1.16. The van der Waals surface area contributed by atoms with Crippen molar-refractivity contribution in [3.63, 3.8) is 0 Å². The van der Waals surface area contributed by atoms with Crippen LogP contribution in [0.3, 0.4) is 0 Å². The topological polar surface area (TPSA) is 80.3 Å². The summed E-state index contributed by atoms with van der Waals surface area (Å²) in [4.78, 5) is 32.0. The molecule has 1 amide bonds. The van der Waals surface area contributed by atoms with Crippen LogP contribution in [0.1, 0.15) is 74.2 Å². The van der Waals surface area contributed by atoms with E-state index in [1.807, 2.05) is 6.07 Å². The number of hydrogen-bond donors (Lipinski definition) is 1. The fourth-order valence-corrected chi connectivity index (χ4v) is 11.5. The highest BCUT2D eigenvalue weighted by Crippen LogP contribution is 2.51. The Morgan fingerprint density at radius 1 is 0.837 bits per heavy atom. The van der Waals surface area contributed by atoms with Gasteiger partial charge in [-0.05, 0) is 89.6 Å². The van der Waals surface area contributed by atoms with Gasteiger partial charge in [-0.15, -0.1) is 11.6 Å². The molecule has 10 heteroatoms. The van der Waals surface area contributed by atoms with Crippen molar-refractivity contribution in [2.75, 3.05) is 75.8 Å². The maximum Gasteiger partial charge on any atom is 0.340 e. The first-order valence-corrected chi connectivity index (χ1v) is 21.4. The summed E-state index contributed by atoms with van der Waals surface area (Å²) >= 11 is 5.72. The molecule has 0 saturated carbocycles. The number of carbonyl (C=O) groups is 2. The Labute approximate surface area is 296 Å². The Kier molecular flexibility index (Phi) is 9.56. The van der Waals surface area contributed by atoms with Gasteiger partial charge in [-0.1, -0.05) is 25.9 Å². The predicted molar refractivity (Wildman–Crippen MR) is 198 cm³/mol. The molecular weight excluding hydrogens is 654 g/mol. The lowest BCUT2D eigenvalue weighted by Crippen LogP contribution is -2.63. The standard InChI is InChI=1S/C39H48ClN3O5Si/c1-42-15-11-26-21-31-35(24-33(26)42)49(3,4)36-25-34-27(12-16-43(34)2)22-32(36)39(31)30-23-28(9-10-29(30)38(45)48-39)37(44)41-14-18-47-20-19-46-17-8-6-5-7-13-40/h9-10,21-25H,5-8,11-20H2,1-4H3,(H,41,44). The molecule has 4 aliphatic rings. The highest BCUT2D eigenvalue weighted by Gasteiger charge is 2.57. The number of rotatable bonds is 13. The van der Waals surface area contributed by atoms with Crippen molar-refractivity contribution in [1.29, 1.82) is 0 Å². The van der Waals surface area contributed by atoms with Crippen molar-refractivity contribution in [1.82, 2.24) is 5.32 Å². The van der Waals surface area contributed by atoms with Gasteiger partial charge in [-0.3, -0.25) is 4.79 Å². The molecular formula is C39H48ClN3O5Si. The highest BCUT2D eigenvalue weighted by molar-refractivity contribution is 7.01. The molecule has 1 N–H and O–H groups in total. The van der Waals surface area contributed by atoms with Crippen LogP contribution in [0.5, 0.6) is 0 Å². The van der Waals surface area contributed by atoms with Gasteiger partial charge in [0.05, 0.1) is 25.4 Å². The van der Waals surface area contributed by atoms with E-state index in [0.717, 1.165) is 74.9 Å². The number of hydrogen-bond acceptors (Lipinski definition) is 7. The quantitative estimate of drug-likeness (QED) is 0.118. The highest BCUT2D eigenvalue weighted by atomic mass is 35.5. The van der Waals surface area contributed by atoms with Crippen molar-refractivity contribution in [3.05, 3.63) is 81.4 Å². The second-order valence-electron chi connectivity index (χ2n) is 14.4. The molecule has 1 spiro atoms. The molecule has 4 heterocycles. The van der Waals surface area contributed by atoms with E-state index >= 15 is 0 Å². The third kappa shape index (κ3) is 5.96. The molecule has 7 rings (SSSR count). The third-order valence-electron chi connectivity index (χ3n) is 11.0. The smallest absolute Gasteiger partial charge is 0.340 e. The van der Waals surface area contributed by atoms with Gasteiger partial charge in [-0.25, -0.2) is 4.79 Å². The van der Waals surface area contributed by atoms with Crippen molar-refractivity contribution in [3.8, 4) is 0 Å². The van der Waals surface area contributed by atoms with Gasteiger partial charge >= 0.3 is 5.97 Å². The lowest BCUT2D eigenvalue weighted by atomic mass is 9.77. The first-order chi connectivity index (χ1) is 23.7. The van der Waals surface area contributed by atoms with Gasteiger partial charge in [0.2, 0.25) is 0 Å². The zero-order valence-electron chi connectivity index (χ0n) is 29.3. The number of benzene rings is 3. The van der Waals surface area contributed by atoms with Gasteiger partial charge < -0.3 is 29.3 Å². The van der Waals surface area contributed by atoms with Gasteiger partial charge in [-0.2, -0.15) is 0 Å².